The van der Waals surface area contributed by atoms with Gasteiger partial charge in [-0.25, -0.2) is 0 Å². The van der Waals surface area contributed by atoms with Crippen molar-refractivity contribution in [3.63, 3.8) is 0 Å². The Hall–Kier alpha value is 1.04. The summed E-state index contributed by atoms with van der Waals surface area (Å²) in [5, 5.41) is 0. The predicted molar refractivity (Wildman–Crippen MR) is 39.9 cm³/mol. The second kappa shape index (κ2) is 16.6. The van der Waals surface area contributed by atoms with Gasteiger partial charge in [0, 0.05) is 14.1 Å². The lowest BCUT2D eigenvalue weighted by Gasteiger charge is -1.34. The minimum Gasteiger partial charge on any atom is -0.0683 e. The molecular formula is C2H6P2S2. The zero-order chi connectivity index (χ0) is 5.41. The molecule has 0 unspecified atom stereocenters. The highest BCUT2D eigenvalue weighted by molar-refractivity contribution is 8.40. The molecule has 0 aliphatic rings. The largest absolute Gasteiger partial charge is 0.0683 e. The minimum absolute atomic E-state index is 0.869. The van der Waals surface area contributed by atoms with E-state index in [1.165, 1.54) is 0 Å². The highest BCUT2D eigenvalue weighted by Crippen LogP contribution is 2.10. The molecule has 0 rings (SSSR count). The molecule has 36 valence electrons. The van der Waals surface area contributed by atoms with Gasteiger partial charge in [-0.2, -0.15) is 0 Å². The van der Waals surface area contributed by atoms with Crippen molar-refractivity contribution in [3.8, 4) is 0 Å². The monoisotopic (exact) mass is 156 g/mol. The van der Waals surface area contributed by atoms with E-state index in [0.717, 1.165) is 14.1 Å². The molecule has 0 amide bonds. The molecule has 0 saturated carbocycles. The van der Waals surface area contributed by atoms with Crippen LogP contribution >= 0.6 is 14.1 Å². The van der Waals surface area contributed by atoms with Crippen molar-refractivity contribution in [3.05, 3.63) is 0 Å². The molecule has 0 aliphatic carbocycles. The Morgan fingerprint density at radius 1 is 1.00 bits per heavy atom. The maximum absolute atomic E-state index is 4.41. The predicted octanol–water partition coefficient (Wildman–Crippen LogP) is 2.74. The Morgan fingerprint density at radius 3 is 1.17 bits per heavy atom. The fourth-order valence-electron chi connectivity index (χ4n) is 0. The van der Waals surface area contributed by atoms with Crippen molar-refractivity contribution in [2.24, 2.45) is 0 Å². The average Bonchev–Trinajstić information content (AvgIpc) is 1.72. The van der Waals surface area contributed by atoms with Gasteiger partial charge in [0.15, 0.2) is 0 Å². The van der Waals surface area contributed by atoms with Crippen LogP contribution in [0.3, 0.4) is 0 Å². The summed E-state index contributed by atoms with van der Waals surface area (Å²) in [7, 11) is 1.74. The van der Waals surface area contributed by atoms with Crippen LogP contribution in [-0.2, 0) is 23.6 Å². The summed E-state index contributed by atoms with van der Waals surface area (Å²) in [5.41, 5.74) is 0. The quantitative estimate of drug-likeness (QED) is 0.535. The van der Waals surface area contributed by atoms with Crippen LogP contribution in [0.25, 0.3) is 0 Å². The van der Waals surface area contributed by atoms with E-state index in [9.17, 15) is 0 Å². The van der Waals surface area contributed by atoms with Gasteiger partial charge in [0.1, 0.15) is 0 Å². The van der Waals surface area contributed by atoms with Gasteiger partial charge < -0.3 is 0 Å². The molecule has 0 fully saturated rings. The van der Waals surface area contributed by atoms with Crippen LogP contribution in [0, 0.1) is 0 Å². The fourth-order valence-corrected chi connectivity index (χ4v) is 0. The van der Waals surface area contributed by atoms with Crippen LogP contribution in [0.4, 0.5) is 0 Å². The Labute approximate surface area is 51.9 Å². The van der Waals surface area contributed by atoms with Gasteiger partial charge in [0.2, 0.25) is 0 Å². The van der Waals surface area contributed by atoms with Gasteiger partial charge in [-0.3, -0.25) is 0 Å². The summed E-state index contributed by atoms with van der Waals surface area (Å²) < 4.78 is 0. The van der Waals surface area contributed by atoms with E-state index in [0.29, 0.717) is 0 Å². The molecule has 0 aromatic rings. The van der Waals surface area contributed by atoms with Gasteiger partial charge in [0.25, 0.3) is 0 Å². The molecule has 4 heteroatoms. The Morgan fingerprint density at radius 2 is 1.17 bits per heavy atom. The van der Waals surface area contributed by atoms with E-state index in [1.807, 2.05) is 13.8 Å². The summed E-state index contributed by atoms with van der Waals surface area (Å²) in [4.78, 5) is 0. The molecule has 0 heterocycles. The van der Waals surface area contributed by atoms with E-state index in [2.05, 4.69) is 23.6 Å². The molecule has 0 radical (unpaired) electrons. The number of hydrogen-bond donors (Lipinski definition) is 0. The maximum atomic E-state index is 4.41. The minimum atomic E-state index is 0.869. The summed E-state index contributed by atoms with van der Waals surface area (Å²) in [6, 6.07) is 0. The second-order valence-electron chi connectivity index (χ2n) is 0.163. The lowest BCUT2D eigenvalue weighted by Crippen LogP contribution is -0.856. The molecule has 6 heavy (non-hydrogen) atoms. The first-order valence-electron chi connectivity index (χ1n) is 1.57. The number of hydrogen-bond acceptors (Lipinski definition) is 2. The SMILES string of the molecule is CC.S=PP=S. The fraction of sp³-hybridized carbons (Fsp3) is 1.00. The molecule has 0 aromatic carbocycles. The van der Waals surface area contributed by atoms with Crippen LogP contribution in [-0.4, -0.2) is 0 Å². The van der Waals surface area contributed by atoms with Gasteiger partial charge in [-0.05, 0) is 23.6 Å². The van der Waals surface area contributed by atoms with E-state index in [-0.39, 0.29) is 0 Å². The second-order valence-corrected chi connectivity index (χ2v) is 4.41. The standard InChI is InChI=1S/C2H6.P2S2/c1-2;3-1-2-4/h1-2H3;. The molecular weight excluding hydrogens is 150 g/mol. The number of rotatable bonds is 1. The van der Waals surface area contributed by atoms with Gasteiger partial charge in [-0.1, -0.05) is 13.8 Å². The third-order valence-corrected chi connectivity index (χ3v) is 2.70. The Balaban J connectivity index is 0. The summed E-state index contributed by atoms with van der Waals surface area (Å²) >= 11 is 8.82. The first-order valence-corrected chi connectivity index (χ1v) is 6.09. The van der Waals surface area contributed by atoms with Gasteiger partial charge >= 0.3 is 0 Å². The van der Waals surface area contributed by atoms with Crippen LogP contribution in [0.15, 0.2) is 0 Å². The van der Waals surface area contributed by atoms with Crippen molar-refractivity contribution in [2.45, 2.75) is 13.8 Å². The van der Waals surface area contributed by atoms with Crippen LogP contribution in [0.5, 0.6) is 0 Å². The topological polar surface area (TPSA) is 0 Å². The van der Waals surface area contributed by atoms with Gasteiger partial charge in [-0.15, -0.1) is 0 Å². The van der Waals surface area contributed by atoms with Crippen molar-refractivity contribution < 1.29 is 0 Å². The highest BCUT2D eigenvalue weighted by Gasteiger charge is 1.39. The van der Waals surface area contributed by atoms with E-state index >= 15 is 0 Å². The Kier molecular flexibility index (Phi) is 28.0. The molecule has 0 aliphatic heterocycles. The van der Waals surface area contributed by atoms with Crippen molar-refractivity contribution in [1.82, 2.24) is 0 Å². The van der Waals surface area contributed by atoms with Crippen molar-refractivity contribution >= 4 is 37.7 Å². The van der Waals surface area contributed by atoms with E-state index in [4.69, 9.17) is 0 Å². The van der Waals surface area contributed by atoms with Crippen LogP contribution in [0.2, 0.25) is 0 Å². The molecule has 0 nitrogen and oxygen atoms in total. The van der Waals surface area contributed by atoms with Crippen LogP contribution < -0.4 is 0 Å². The normalized spacial score (nSPS) is 7.00. The van der Waals surface area contributed by atoms with Crippen molar-refractivity contribution in [1.29, 1.82) is 0 Å². The lowest BCUT2D eigenvalue weighted by molar-refractivity contribution is 1.50. The maximum Gasteiger partial charge on any atom is 0.0464 e. The third-order valence-electron chi connectivity index (χ3n) is 0.0333. The molecule has 0 bridgehead atoms. The summed E-state index contributed by atoms with van der Waals surface area (Å²) in [5.74, 6) is 0. The molecule has 0 spiro atoms. The molecule has 0 aromatic heterocycles. The molecule has 0 saturated heterocycles. The summed E-state index contributed by atoms with van der Waals surface area (Å²) in [6.07, 6.45) is 0. The third kappa shape index (κ3) is 19.8. The average molecular weight is 156 g/mol. The zero-order valence-electron chi connectivity index (χ0n) is 3.71. The zero-order valence-corrected chi connectivity index (χ0v) is 7.13. The highest BCUT2D eigenvalue weighted by atomic mass is 32.7. The van der Waals surface area contributed by atoms with Crippen molar-refractivity contribution in [2.75, 3.05) is 0 Å². The molecule has 0 atom stereocenters. The van der Waals surface area contributed by atoms with E-state index < -0.39 is 0 Å². The van der Waals surface area contributed by atoms with E-state index in [1.54, 1.807) is 0 Å². The summed E-state index contributed by atoms with van der Waals surface area (Å²) in [6.45, 7) is 4.00. The first kappa shape index (κ1) is 10.1. The lowest BCUT2D eigenvalue weighted by atomic mass is 11.0. The smallest absolute Gasteiger partial charge is 0.0464 e. The van der Waals surface area contributed by atoms with Crippen LogP contribution in [0.1, 0.15) is 13.8 Å². The Bertz CT molecular complexity index is 30.5. The van der Waals surface area contributed by atoms with Gasteiger partial charge in [0.05, 0.1) is 0 Å². The molecule has 0 N–H and O–H groups in total. The first-order chi connectivity index (χ1) is 2.91.